The molecular weight excluding hydrogens is 437 g/mol. The lowest BCUT2D eigenvalue weighted by atomic mass is 9.76. The summed E-state index contributed by atoms with van der Waals surface area (Å²) in [5.41, 5.74) is 1.42. The minimum atomic E-state index is 0.174. The quantitative estimate of drug-likeness (QED) is 0.482. The first kappa shape index (κ1) is 25.1. The van der Waals surface area contributed by atoms with E-state index in [1.165, 1.54) is 43.9 Å². The largest absolute Gasteiger partial charge is 0.505 e. The zero-order valence-corrected chi connectivity index (χ0v) is 20.7. The van der Waals surface area contributed by atoms with Gasteiger partial charge in [0.15, 0.2) is 0 Å². The molecule has 0 bridgehead atoms. The summed E-state index contributed by atoms with van der Waals surface area (Å²) in [6.45, 7) is 6.68. The van der Waals surface area contributed by atoms with Gasteiger partial charge < -0.3 is 15.3 Å². The molecule has 2 heterocycles. The SMILES string of the molecule is CCCCC1(C)CCN(c2cnc(Sc3cccc(Cl)c3Cl)c(O)c2)CC1.CNC. The Morgan fingerprint density at radius 1 is 1.23 bits per heavy atom. The van der Waals surface area contributed by atoms with Crippen molar-refractivity contribution < 1.29 is 5.11 Å². The molecule has 0 atom stereocenters. The van der Waals surface area contributed by atoms with E-state index in [1.807, 2.05) is 38.5 Å². The summed E-state index contributed by atoms with van der Waals surface area (Å²) in [7, 11) is 3.75. The van der Waals surface area contributed by atoms with E-state index in [2.05, 4.69) is 29.0 Å². The van der Waals surface area contributed by atoms with E-state index in [4.69, 9.17) is 23.2 Å². The standard InChI is InChI=1S/C21H26Cl2N2OS.C2H7N/c1-3-4-8-21(2)9-11-25(12-10-21)15-13-17(26)20(24-14-15)27-18-7-5-6-16(22)19(18)23;1-3-2/h5-7,13-14,26H,3-4,8-12H2,1-2H3;3H,1-2H3. The van der Waals surface area contributed by atoms with Crippen molar-refractivity contribution in [3.8, 4) is 5.75 Å². The first-order valence-electron chi connectivity index (χ1n) is 10.5. The number of aromatic hydroxyl groups is 1. The number of nitrogens with zero attached hydrogens (tertiary/aromatic N) is 2. The Kier molecular flexibility index (Phi) is 10.1. The smallest absolute Gasteiger partial charge is 0.150 e. The van der Waals surface area contributed by atoms with E-state index in [1.54, 1.807) is 6.07 Å². The average Bonchev–Trinajstić information content (AvgIpc) is 2.72. The molecule has 0 unspecified atom stereocenters. The van der Waals surface area contributed by atoms with Gasteiger partial charge in [-0.05, 0) is 50.9 Å². The van der Waals surface area contributed by atoms with Crippen LogP contribution >= 0.6 is 35.0 Å². The fourth-order valence-corrected chi connectivity index (χ4v) is 4.80. The van der Waals surface area contributed by atoms with Crippen molar-refractivity contribution in [3.63, 3.8) is 0 Å². The highest BCUT2D eigenvalue weighted by Gasteiger charge is 2.29. The summed E-state index contributed by atoms with van der Waals surface area (Å²) in [6, 6.07) is 7.26. The number of anilines is 1. The van der Waals surface area contributed by atoms with Gasteiger partial charge in [0, 0.05) is 24.1 Å². The Labute approximate surface area is 195 Å². The molecular formula is C23H33Cl2N3OS. The maximum Gasteiger partial charge on any atom is 0.150 e. The summed E-state index contributed by atoms with van der Waals surface area (Å²) in [5, 5.41) is 14.7. The van der Waals surface area contributed by atoms with Gasteiger partial charge in [-0.15, -0.1) is 0 Å². The molecule has 30 heavy (non-hydrogen) atoms. The molecule has 3 rings (SSSR count). The van der Waals surface area contributed by atoms with Crippen molar-refractivity contribution in [2.75, 3.05) is 32.1 Å². The monoisotopic (exact) mass is 469 g/mol. The van der Waals surface area contributed by atoms with Crippen molar-refractivity contribution in [2.45, 2.75) is 55.9 Å². The highest BCUT2D eigenvalue weighted by Crippen LogP contribution is 2.41. The van der Waals surface area contributed by atoms with Gasteiger partial charge in [-0.25, -0.2) is 4.98 Å². The van der Waals surface area contributed by atoms with Gasteiger partial charge in [0.25, 0.3) is 0 Å². The summed E-state index contributed by atoms with van der Waals surface area (Å²) >= 11 is 13.6. The van der Waals surface area contributed by atoms with Crippen molar-refractivity contribution in [1.82, 2.24) is 10.3 Å². The lowest BCUT2D eigenvalue weighted by Gasteiger charge is -2.40. The maximum absolute atomic E-state index is 10.5. The second-order valence-corrected chi connectivity index (χ2v) is 9.89. The van der Waals surface area contributed by atoms with Gasteiger partial charge >= 0.3 is 0 Å². The second kappa shape index (κ2) is 12.0. The average molecular weight is 471 g/mol. The first-order chi connectivity index (χ1) is 14.3. The minimum absolute atomic E-state index is 0.174. The van der Waals surface area contributed by atoms with Gasteiger partial charge in [-0.3, -0.25) is 0 Å². The molecule has 7 heteroatoms. The number of hydrogen-bond acceptors (Lipinski definition) is 5. The van der Waals surface area contributed by atoms with Crippen molar-refractivity contribution in [3.05, 3.63) is 40.5 Å². The van der Waals surface area contributed by atoms with Crippen LogP contribution in [0.25, 0.3) is 0 Å². The Bertz CT molecular complexity index is 811. The lowest BCUT2D eigenvalue weighted by Crippen LogP contribution is -2.38. The van der Waals surface area contributed by atoms with Gasteiger partial charge in [-0.1, -0.05) is 67.7 Å². The Morgan fingerprint density at radius 3 is 2.50 bits per heavy atom. The summed E-state index contributed by atoms with van der Waals surface area (Å²) < 4.78 is 0. The number of nitrogens with one attached hydrogen (secondary N) is 1. The first-order valence-corrected chi connectivity index (χ1v) is 12.0. The van der Waals surface area contributed by atoms with Crippen LogP contribution in [0.15, 0.2) is 40.4 Å². The van der Waals surface area contributed by atoms with E-state index < -0.39 is 0 Å². The van der Waals surface area contributed by atoms with Crippen LogP contribution in [0.5, 0.6) is 5.75 Å². The molecule has 0 radical (unpaired) electrons. The molecule has 2 N–H and O–H groups in total. The van der Waals surface area contributed by atoms with Crippen LogP contribution in [-0.2, 0) is 0 Å². The summed E-state index contributed by atoms with van der Waals surface area (Å²) in [6.07, 6.45) is 8.07. The van der Waals surface area contributed by atoms with Crippen LogP contribution in [0.1, 0.15) is 46.0 Å². The third-order valence-corrected chi connectivity index (χ3v) is 7.41. The number of hydrogen-bond donors (Lipinski definition) is 2. The lowest BCUT2D eigenvalue weighted by molar-refractivity contribution is 0.222. The predicted molar refractivity (Wildman–Crippen MR) is 131 cm³/mol. The number of rotatable bonds is 6. The summed E-state index contributed by atoms with van der Waals surface area (Å²) in [5.74, 6) is 0.174. The fraction of sp³-hybridized carbons (Fsp3) is 0.522. The van der Waals surface area contributed by atoms with E-state index >= 15 is 0 Å². The Morgan fingerprint density at radius 2 is 1.90 bits per heavy atom. The summed E-state index contributed by atoms with van der Waals surface area (Å²) in [4.78, 5) is 7.58. The molecule has 4 nitrogen and oxygen atoms in total. The topological polar surface area (TPSA) is 48.4 Å². The van der Waals surface area contributed by atoms with Crippen LogP contribution in [0.4, 0.5) is 5.69 Å². The Hall–Kier alpha value is -1.14. The van der Waals surface area contributed by atoms with Crippen molar-refractivity contribution in [1.29, 1.82) is 0 Å². The molecule has 2 aromatic rings. The van der Waals surface area contributed by atoms with Crippen LogP contribution < -0.4 is 10.2 Å². The van der Waals surface area contributed by atoms with E-state index in [9.17, 15) is 5.11 Å². The highest BCUT2D eigenvalue weighted by atomic mass is 35.5. The van der Waals surface area contributed by atoms with Crippen molar-refractivity contribution >= 4 is 40.7 Å². The van der Waals surface area contributed by atoms with Gasteiger partial charge in [0.2, 0.25) is 0 Å². The van der Waals surface area contributed by atoms with Crippen LogP contribution in [-0.4, -0.2) is 37.3 Å². The van der Waals surface area contributed by atoms with Crippen LogP contribution in [0.2, 0.25) is 10.0 Å². The number of unbranched alkanes of at least 4 members (excludes halogenated alkanes) is 1. The van der Waals surface area contributed by atoms with E-state index in [-0.39, 0.29) is 5.75 Å². The molecule has 1 aromatic heterocycles. The predicted octanol–water partition coefficient (Wildman–Crippen LogP) is 6.88. The number of aromatic nitrogens is 1. The third kappa shape index (κ3) is 6.94. The molecule has 0 saturated carbocycles. The third-order valence-electron chi connectivity index (χ3n) is 5.41. The molecule has 1 fully saturated rings. The Balaban J connectivity index is 0.00000101. The van der Waals surface area contributed by atoms with Crippen molar-refractivity contribution in [2.24, 2.45) is 5.41 Å². The second-order valence-electron chi connectivity index (χ2n) is 8.07. The zero-order valence-electron chi connectivity index (χ0n) is 18.3. The number of halogens is 2. The molecule has 0 aliphatic carbocycles. The van der Waals surface area contributed by atoms with Crippen LogP contribution in [0.3, 0.4) is 0 Å². The van der Waals surface area contributed by atoms with Gasteiger partial charge in [0.05, 0.1) is 21.9 Å². The molecule has 1 aromatic carbocycles. The maximum atomic E-state index is 10.5. The fourth-order valence-electron chi connectivity index (χ4n) is 3.51. The number of benzene rings is 1. The zero-order chi connectivity index (χ0) is 22.1. The van der Waals surface area contributed by atoms with E-state index in [0.717, 1.165) is 23.7 Å². The van der Waals surface area contributed by atoms with E-state index in [0.29, 0.717) is 20.5 Å². The molecule has 0 spiro atoms. The molecule has 1 aliphatic heterocycles. The molecule has 0 amide bonds. The normalized spacial score (nSPS) is 15.5. The number of pyridine rings is 1. The van der Waals surface area contributed by atoms with Gasteiger partial charge in [-0.2, -0.15) is 0 Å². The molecule has 1 saturated heterocycles. The molecule has 1 aliphatic rings. The highest BCUT2D eigenvalue weighted by molar-refractivity contribution is 7.99. The molecule has 166 valence electrons. The number of piperidine rings is 1. The van der Waals surface area contributed by atoms with Gasteiger partial charge in [0.1, 0.15) is 10.8 Å². The van der Waals surface area contributed by atoms with Crippen LogP contribution in [0, 0.1) is 5.41 Å². The minimum Gasteiger partial charge on any atom is -0.505 e.